The van der Waals surface area contributed by atoms with Crippen molar-refractivity contribution in [1.82, 2.24) is 4.57 Å². The number of carbonyl (C=O) groups excluding carboxylic acids is 1. The summed E-state index contributed by atoms with van der Waals surface area (Å²) in [7, 11) is 4.74. The zero-order valence-corrected chi connectivity index (χ0v) is 16.6. The lowest BCUT2D eigenvalue weighted by atomic mass is 10.2. The molecule has 3 aromatic rings. The summed E-state index contributed by atoms with van der Waals surface area (Å²) < 4.78 is 18.8. The predicted molar refractivity (Wildman–Crippen MR) is 106 cm³/mol. The molecule has 0 radical (unpaired) electrons. The van der Waals surface area contributed by atoms with Crippen molar-refractivity contribution in [3.63, 3.8) is 0 Å². The van der Waals surface area contributed by atoms with Crippen LogP contribution in [0.4, 0.5) is 0 Å². The maximum atomic E-state index is 12.8. The van der Waals surface area contributed by atoms with Gasteiger partial charge in [-0.3, -0.25) is 4.79 Å². The highest BCUT2D eigenvalue weighted by Gasteiger charge is 2.14. The minimum absolute atomic E-state index is 0.357. The Morgan fingerprint density at radius 2 is 1.93 bits per heavy atom. The van der Waals surface area contributed by atoms with Gasteiger partial charge in [-0.2, -0.15) is 4.99 Å². The zero-order valence-electron chi connectivity index (χ0n) is 15.8. The van der Waals surface area contributed by atoms with Crippen LogP contribution in [0.2, 0.25) is 0 Å². The van der Waals surface area contributed by atoms with Crippen molar-refractivity contribution in [2.45, 2.75) is 13.5 Å². The monoisotopic (exact) mass is 386 g/mol. The lowest BCUT2D eigenvalue weighted by Crippen LogP contribution is -2.19. The van der Waals surface area contributed by atoms with Gasteiger partial charge in [0.1, 0.15) is 11.5 Å². The topological polar surface area (TPSA) is 62.1 Å². The predicted octanol–water partition coefficient (Wildman–Crippen LogP) is 3.42. The lowest BCUT2D eigenvalue weighted by Gasteiger charge is -2.08. The third kappa shape index (κ3) is 4.04. The quantitative estimate of drug-likeness (QED) is 0.651. The van der Waals surface area contributed by atoms with E-state index >= 15 is 0 Å². The molecule has 0 saturated carbocycles. The molecular weight excluding hydrogens is 364 g/mol. The van der Waals surface area contributed by atoms with Crippen LogP contribution < -0.4 is 14.3 Å². The number of aryl methyl sites for hydroxylation is 1. The Balaban J connectivity index is 2.10. The summed E-state index contributed by atoms with van der Waals surface area (Å²) in [5.74, 6) is 0.698. The molecule has 0 saturated heterocycles. The number of hydrogen-bond donors (Lipinski definition) is 0. The summed E-state index contributed by atoms with van der Waals surface area (Å²) in [5, 5.41) is 0. The third-order valence-corrected chi connectivity index (χ3v) is 5.23. The van der Waals surface area contributed by atoms with Crippen LogP contribution in [0.25, 0.3) is 10.2 Å². The molecule has 1 heterocycles. The molecule has 0 bridgehead atoms. The highest BCUT2D eigenvalue weighted by Crippen LogP contribution is 2.25. The number of benzene rings is 2. The number of thiazole rings is 1. The van der Waals surface area contributed by atoms with E-state index in [1.807, 2.05) is 17.6 Å². The van der Waals surface area contributed by atoms with E-state index in [0.717, 1.165) is 15.8 Å². The van der Waals surface area contributed by atoms with Gasteiger partial charge in [0.05, 0.1) is 36.6 Å². The second-order valence-electron chi connectivity index (χ2n) is 5.98. The Morgan fingerprint density at radius 3 is 2.63 bits per heavy atom. The average molecular weight is 386 g/mol. The van der Waals surface area contributed by atoms with Crippen LogP contribution in [0.3, 0.4) is 0 Å². The van der Waals surface area contributed by atoms with E-state index in [1.54, 1.807) is 32.4 Å². The highest BCUT2D eigenvalue weighted by atomic mass is 32.1. The minimum atomic E-state index is -0.357. The van der Waals surface area contributed by atoms with Gasteiger partial charge in [-0.25, -0.2) is 0 Å². The molecule has 3 rings (SSSR count). The summed E-state index contributed by atoms with van der Waals surface area (Å²) in [6, 6.07) is 11.3. The molecule has 0 spiro atoms. The normalized spacial score (nSPS) is 11.8. The van der Waals surface area contributed by atoms with E-state index in [-0.39, 0.29) is 5.91 Å². The molecule has 7 heteroatoms. The summed E-state index contributed by atoms with van der Waals surface area (Å²) in [4.78, 5) is 17.9. The van der Waals surface area contributed by atoms with Crippen molar-refractivity contribution in [1.29, 1.82) is 0 Å². The van der Waals surface area contributed by atoms with Crippen LogP contribution in [0.1, 0.15) is 15.9 Å². The van der Waals surface area contributed by atoms with Gasteiger partial charge in [-0.15, -0.1) is 0 Å². The molecule has 0 aliphatic carbocycles. The molecule has 6 nitrogen and oxygen atoms in total. The zero-order chi connectivity index (χ0) is 19.4. The van der Waals surface area contributed by atoms with Crippen LogP contribution in [0, 0.1) is 6.92 Å². The first-order valence-corrected chi connectivity index (χ1v) is 9.29. The number of carbonyl (C=O) groups is 1. The minimum Gasteiger partial charge on any atom is -0.497 e. The van der Waals surface area contributed by atoms with Gasteiger partial charge < -0.3 is 18.8 Å². The van der Waals surface area contributed by atoms with E-state index in [0.29, 0.717) is 35.0 Å². The maximum Gasteiger partial charge on any atom is 0.283 e. The second kappa shape index (κ2) is 8.37. The number of aromatic nitrogens is 1. The van der Waals surface area contributed by atoms with Crippen LogP contribution >= 0.6 is 11.3 Å². The number of hydrogen-bond acceptors (Lipinski definition) is 5. The van der Waals surface area contributed by atoms with E-state index in [4.69, 9.17) is 14.2 Å². The molecule has 1 aromatic heterocycles. The van der Waals surface area contributed by atoms with Crippen LogP contribution in [-0.2, 0) is 11.3 Å². The molecular formula is C20H22N2O4S. The highest BCUT2D eigenvalue weighted by molar-refractivity contribution is 7.16. The Labute approximate surface area is 161 Å². The van der Waals surface area contributed by atoms with E-state index < -0.39 is 0 Å². The standard InChI is InChI=1S/C20H22N2O4S/c1-13-5-8-16-18(11-13)27-20(22(16)9-10-24-2)21-19(23)15-7-6-14(25-3)12-17(15)26-4/h5-8,11-12H,9-10H2,1-4H3. The first-order chi connectivity index (χ1) is 13.1. The first kappa shape index (κ1) is 19.1. The lowest BCUT2D eigenvalue weighted by molar-refractivity contribution is 0.0994. The molecule has 1 amide bonds. The Bertz CT molecular complexity index is 1040. The smallest absolute Gasteiger partial charge is 0.283 e. The number of methoxy groups -OCH3 is 3. The van der Waals surface area contributed by atoms with Crippen molar-refractivity contribution in [2.75, 3.05) is 27.9 Å². The average Bonchev–Trinajstić information content (AvgIpc) is 3.01. The maximum absolute atomic E-state index is 12.8. The number of fused-ring (bicyclic) bond motifs is 1. The van der Waals surface area contributed by atoms with E-state index in [2.05, 4.69) is 17.1 Å². The van der Waals surface area contributed by atoms with Crippen molar-refractivity contribution >= 4 is 27.5 Å². The van der Waals surface area contributed by atoms with Crippen molar-refractivity contribution in [3.8, 4) is 11.5 Å². The van der Waals surface area contributed by atoms with E-state index in [1.165, 1.54) is 18.4 Å². The van der Waals surface area contributed by atoms with Gasteiger partial charge in [-0.1, -0.05) is 17.4 Å². The third-order valence-electron chi connectivity index (χ3n) is 4.19. The second-order valence-corrected chi connectivity index (χ2v) is 6.99. The van der Waals surface area contributed by atoms with Crippen molar-refractivity contribution < 1.29 is 19.0 Å². The number of ether oxygens (including phenoxy) is 3. The molecule has 27 heavy (non-hydrogen) atoms. The molecule has 142 valence electrons. The fraction of sp³-hybridized carbons (Fsp3) is 0.300. The fourth-order valence-corrected chi connectivity index (χ4v) is 3.94. The molecule has 0 N–H and O–H groups in total. The summed E-state index contributed by atoms with van der Waals surface area (Å²) in [5.41, 5.74) is 2.60. The largest absolute Gasteiger partial charge is 0.497 e. The number of rotatable bonds is 6. The van der Waals surface area contributed by atoms with Gasteiger partial charge in [-0.05, 0) is 36.8 Å². The molecule has 2 aromatic carbocycles. The Morgan fingerprint density at radius 1 is 1.11 bits per heavy atom. The summed E-state index contributed by atoms with van der Waals surface area (Å²) in [6.07, 6.45) is 0. The molecule has 0 fully saturated rings. The Hall–Kier alpha value is -2.64. The molecule has 0 unspecified atom stereocenters. The summed E-state index contributed by atoms with van der Waals surface area (Å²) >= 11 is 1.49. The number of amides is 1. The summed E-state index contributed by atoms with van der Waals surface area (Å²) in [6.45, 7) is 3.20. The molecule has 0 aliphatic rings. The van der Waals surface area contributed by atoms with Crippen molar-refractivity contribution in [3.05, 3.63) is 52.3 Å². The van der Waals surface area contributed by atoms with Gasteiger partial charge in [0, 0.05) is 19.7 Å². The van der Waals surface area contributed by atoms with E-state index in [9.17, 15) is 4.79 Å². The fourth-order valence-electron chi connectivity index (χ4n) is 2.79. The molecule has 0 aliphatic heterocycles. The number of nitrogens with zero attached hydrogens (tertiary/aromatic N) is 2. The van der Waals surface area contributed by atoms with Gasteiger partial charge in [0.25, 0.3) is 5.91 Å². The van der Waals surface area contributed by atoms with Crippen LogP contribution in [0.15, 0.2) is 41.4 Å². The van der Waals surface area contributed by atoms with Crippen LogP contribution in [0.5, 0.6) is 11.5 Å². The SMILES string of the molecule is COCCn1c(=NC(=O)c2ccc(OC)cc2OC)sc2cc(C)ccc21. The molecule has 0 atom stereocenters. The van der Waals surface area contributed by atoms with Gasteiger partial charge >= 0.3 is 0 Å². The van der Waals surface area contributed by atoms with Crippen LogP contribution in [-0.4, -0.2) is 38.4 Å². The van der Waals surface area contributed by atoms with Gasteiger partial charge in [0.15, 0.2) is 4.80 Å². The van der Waals surface area contributed by atoms with Gasteiger partial charge in [0.2, 0.25) is 0 Å². The Kier molecular flexibility index (Phi) is 5.93. The van der Waals surface area contributed by atoms with Crippen molar-refractivity contribution in [2.24, 2.45) is 4.99 Å². The first-order valence-electron chi connectivity index (χ1n) is 8.47.